The van der Waals surface area contributed by atoms with Crippen molar-refractivity contribution in [1.29, 1.82) is 0 Å². The average Bonchev–Trinajstić information content (AvgIpc) is 3.05. The van der Waals surface area contributed by atoms with Crippen molar-refractivity contribution in [2.45, 2.75) is 45.6 Å². The van der Waals surface area contributed by atoms with Crippen molar-refractivity contribution >= 4 is 17.2 Å². The van der Waals surface area contributed by atoms with Crippen molar-refractivity contribution in [3.8, 4) is 10.4 Å². The zero-order chi connectivity index (χ0) is 17.4. The Kier molecular flexibility index (Phi) is 4.68. The summed E-state index contributed by atoms with van der Waals surface area (Å²) >= 11 is 1.67. The average molecular weight is 354 g/mol. The first-order valence-corrected chi connectivity index (χ1v) is 10.4. The molecule has 1 saturated carbocycles. The summed E-state index contributed by atoms with van der Waals surface area (Å²) in [4.78, 5) is 16.6. The number of hydrogen-bond acceptors (Lipinski definition) is 2. The normalized spacial score (nSPS) is 29.3. The quantitative estimate of drug-likeness (QED) is 0.678. The first kappa shape index (κ1) is 16.8. The summed E-state index contributed by atoms with van der Waals surface area (Å²) in [5.74, 6) is 2.54. The predicted octanol–water partition coefficient (Wildman–Crippen LogP) is 5.70. The van der Waals surface area contributed by atoms with Crippen molar-refractivity contribution < 1.29 is 4.79 Å². The maximum atomic E-state index is 13.2. The van der Waals surface area contributed by atoms with Gasteiger partial charge in [-0.3, -0.25) is 4.79 Å². The van der Waals surface area contributed by atoms with Gasteiger partial charge >= 0.3 is 0 Å². The third-order valence-electron chi connectivity index (χ3n) is 5.97. The van der Waals surface area contributed by atoms with E-state index in [1.807, 2.05) is 11.4 Å². The smallest absolute Gasteiger partial charge is 0.254 e. The number of rotatable bonds is 2. The molecule has 132 valence electrons. The molecule has 0 N–H and O–H groups in total. The monoisotopic (exact) mass is 353 g/mol. The Labute approximate surface area is 154 Å². The summed E-state index contributed by atoms with van der Waals surface area (Å²) in [5, 5.41) is 2.04. The van der Waals surface area contributed by atoms with E-state index in [9.17, 15) is 4.79 Å². The van der Waals surface area contributed by atoms with Gasteiger partial charge in [-0.05, 0) is 62.0 Å². The number of nitrogens with zero attached hydrogens (tertiary/aromatic N) is 1. The number of likely N-dealkylation sites (tertiary alicyclic amines) is 1. The lowest BCUT2D eigenvalue weighted by Gasteiger charge is -2.31. The molecule has 0 radical (unpaired) electrons. The molecule has 4 rings (SSSR count). The molecule has 0 spiro atoms. The van der Waals surface area contributed by atoms with Crippen LogP contribution in [0.25, 0.3) is 10.4 Å². The van der Waals surface area contributed by atoms with Gasteiger partial charge in [-0.1, -0.05) is 37.3 Å². The Balaban J connectivity index is 1.55. The van der Waals surface area contributed by atoms with Crippen LogP contribution in [0.3, 0.4) is 0 Å². The number of thiophene rings is 1. The van der Waals surface area contributed by atoms with Gasteiger partial charge in [-0.2, -0.15) is 0 Å². The largest absolute Gasteiger partial charge is 0.336 e. The van der Waals surface area contributed by atoms with E-state index in [1.165, 1.54) is 36.1 Å². The van der Waals surface area contributed by atoms with Crippen molar-refractivity contribution in [2.24, 2.45) is 17.8 Å². The highest BCUT2D eigenvalue weighted by molar-refractivity contribution is 7.13. The van der Waals surface area contributed by atoms with Gasteiger partial charge in [0.05, 0.1) is 5.56 Å². The van der Waals surface area contributed by atoms with Crippen LogP contribution in [0, 0.1) is 17.8 Å². The molecule has 1 aromatic carbocycles. The van der Waals surface area contributed by atoms with Crippen LogP contribution in [-0.2, 0) is 0 Å². The molecular weight excluding hydrogens is 326 g/mol. The molecule has 1 aromatic heterocycles. The molecule has 4 unspecified atom stereocenters. The van der Waals surface area contributed by atoms with Crippen LogP contribution in [0.2, 0.25) is 0 Å². The van der Waals surface area contributed by atoms with Crippen LogP contribution in [-0.4, -0.2) is 23.4 Å². The third kappa shape index (κ3) is 3.52. The van der Waals surface area contributed by atoms with Crippen molar-refractivity contribution in [1.82, 2.24) is 4.90 Å². The molecule has 2 nitrogen and oxygen atoms in total. The summed E-state index contributed by atoms with van der Waals surface area (Å²) in [6.07, 6.45) is 5.12. The van der Waals surface area contributed by atoms with Gasteiger partial charge in [0, 0.05) is 22.8 Å². The first-order chi connectivity index (χ1) is 12.1. The number of carbonyl (C=O) groups is 1. The fraction of sp³-hybridized carbons (Fsp3) is 0.500. The van der Waals surface area contributed by atoms with Gasteiger partial charge in [0.25, 0.3) is 5.91 Å². The molecule has 2 heterocycles. The minimum absolute atomic E-state index is 0.228. The van der Waals surface area contributed by atoms with Gasteiger partial charge in [-0.15, -0.1) is 11.3 Å². The summed E-state index contributed by atoms with van der Waals surface area (Å²) in [6, 6.07) is 12.8. The zero-order valence-corrected chi connectivity index (χ0v) is 16.0. The van der Waals surface area contributed by atoms with E-state index in [4.69, 9.17) is 0 Å². The van der Waals surface area contributed by atoms with Gasteiger partial charge < -0.3 is 4.90 Å². The Bertz CT molecular complexity index is 737. The molecule has 1 aliphatic heterocycles. The Morgan fingerprint density at radius 3 is 2.60 bits per heavy atom. The predicted molar refractivity (Wildman–Crippen MR) is 105 cm³/mol. The summed E-state index contributed by atoms with van der Waals surface area (Å²) in [5.41, 5.74) is 2.06. The zero-order valence-electron chi connectivity index (χ0n) is 15.2. The second-order valence-electron chi connectivity index (χ2n) is 8.15. The Morgan fingerprint density at radius 1 is 1.04 bits per heavy atom. The second-order valence-corrected chi connectivity index (χ2v) is 9.06. The van der Waals surface area contributed by atoms with E-state index in [2.05, 4.69) is 49.1 Å². The fourth-order valence-corrected chi connectivity index (χ4v) is 5.85. The molecule has 4 atom stereocenters. The van der Waals surface area contributed by atoms with E-state index in [1.54, 1.807) is 11.3 Å². The molecule has 2 aliphatic rings. The van der Waals surface area contributed by atoms with Gasteiger partial charge in [0.1, 0.15) is 0 Å². The van der Waals surface area contributed by atoms with Crippen LogP contribution in [0.4, 0.5) is 0 Å². The number of benzene rings is 1. The summed E-state index contributed by atoms with van der Waals surface area (Å²) < 4.78 is 0. The van der Waals surface area contributed by atoms with Crippen LogP contribution in [0.1, 0.15) is 49.9 Å². The SMILES string of the molecule is CC1CC2CC(C1)CN(C(=O)c1csc(-c3ccccc3)c1)C(C)C2. The molecule has 25 heavy (non-hydrogen) atoms. The van der Waals surface area contributed by atoms with E-state index in [0.717, 1.165) is 23.9 Å². The standard InChI is InChI=1S/C22H27NOS/c1-15-8-17-10-16(2)23(13-18(9-15)11-17)22(24)20-12-21(25-14-20)19-6-4-3-5-7-19/h3-7,12,14-18H,8-11,13H2,1-2H3. The first-order valence-electron chi connectivity index (χ1n) is 9.55. The Morgan fingerprint density at radius 2 is 1.80 bits per heavy atom. The maximum Gasteiger partial charge on any atom is 0.254 e. The highest BCUT2D eigenvalue weighted by Crippen LogP contribution is 2.40. The van der Waals surface area contributed by atoms with Gasteiger partial charge in [-0.25, -0.2) is 0 Å². The minimum atomic E-state index is 0.228. The summed E-state index contributed by atoms with van der Waals surface area (Å²) in [6.45, 7) is 5.57. The summed E-state index contributed by atoms with van der Waals surface area (Å²) in [7, 11) is 0. The highest BCUT2D eigenvalue weighted by Gasteiger charge is 2.36. The second kappa shape index (κ2) is 6.95. The van der Waals surface area contributed by atoms with Crippen LogP contribution >= 0.6 is 11.3 Å². The molecule has 2 bridgehead atoms. The van der Waals surface area contributed by atoms with E-state index in [0.29, 0.717) is 12.0 Å². The molecule has 1 aliphatic carbocycles. The Hall–Kier alpha value is -1.61. The van der Waals surface area contributed by atoms with Crippen molar-refractivity contribution in [3.63, 3.8) is 0 Å². The highest BCUT2D eigenvalue weighted by atomic mass is 32.1. The van der Waals surface area contributed by atoms with Crippen LogP contribution < -0.4 is 0 Å². The minimum Gasteiger partial charge on any atom is -0.336 e. The molecule has 1 amide bonds. The van der Waals surface area contributed by atoms with E-state index < -0.39 is 0 Å². The maximum absolute atomic E-state index is 13.2. The van der Waals surface area contributed by atoms with Gasteiger partial charge in [0.2, 0.25) is 0 Å². The molecule has 2 fully saturated rings. The lowest BCUT2D eigenvalue weighted by Crippen LogP contribution is -2.40. The molecular formula is C22H27NOS. The van der Waals surface area contributed by atoms with E-state index >= 15 is 0 Å². The lowest BCUT2D eigenvalue weighted by atomic mass is 9.75. The molecule has 3 heteroatoms. The third-order valence-corrected chi connectivity index (χ3v) is 6.94. The van der Waals surface area contributed by atoms with Gasteiger partial charge in [0.15, 0.2) is 0 Å². The topological polar surface area (TPSA) is 20.3 Å². The van der Waals surface area contributed by atoms with E-state index in [-0.39, 0.29) is 5.91 Å². The number of hydrogen-bond donors (Lipinski definition) is 0. The van der Waals surface area contributed by atoms with Crippen molar-refractivity contribution in [3.05, 3.63) is 47.3 Å². The lowest BCUT2D eigenvalue weighted by molar-refractivity contribution is 0.0669. The van der Waals surface area contributed by atoms with Crippen LogP contribution in [0.5, 0.6) is 0 Å². The number of fused-ring (bicyclic) bond motifs is 2. The molecule has 1 saturated heterocycles. The fourth-order valence-electron chi connectivity index (χ4n) is 4.96. The number of carbonyl (C=O) groups excluding carboxylic acids is 1. The molecule has 2 aromatic rings. The van der Waals surface area contributed by atoms with Crippen LogP contribution in [0.15, 0.2) is 41.8 Å². The number of amides is 1. The van der Waals surface area contributed by atoms with Crippen molar-refractivity contribution in [2.75, 3.05) is 6.54 Å².